The molecule has 188 valence electrons. The van der Waals surface area contributed by atoms with E-state index in [1.165, 1.54) is 32.8 Å². The lowest BCUT2D eigenvalue weighted by atomic mass is 9.79. The molecule has 1 aromatic heterocycles. The third-order valence-electron chi connectivity index (χ3n) is 7.77. The molecule has 1 aliphatic heterocycles. The number of hydrogen-bond donors (Lipinski definition) is 1. The second-order valence-electron chi connectivity index (χ2n) is 10.00. The summed E-state index contributed by atoms with van der Waals surface area (Å²) in [5.41, 5.74) is 2.60. The summed E-state index contributed by atoms with van der Waals surface area (Å²) in [5.74, 6) is 1.65. The smallest absolute Gasteiger partial charge is 0.333 e. The Labute approximate surface area is 203 Å². The summed E-state index contributed by atoms with van der Waals surface area (Å²) in [4.78, 5) is 7.60. The molecular weight excluding hydrogens is 452 g/mol. The third-order valence-corrected chi connectivity index (χ3v) is 8.21. The molecule has 0 spiro atoms. The number of fused-ring (bicyclic) bond motifs is 1. The van der Waals surface area contributed by atoms with Gasteiger partial charge in [-0.1, -0.05) is 37.2 Å². The lowest BCUT2D eigenvalue weighted by molar-refractivity contribution is 0.0884. The second kappa shape index (κ2) is 10.8. The Morgan fingerprint density at radius 2 is 1.76 bits per heavy atom. The van der Waals surface area contributed by atoms with Crippen LogP contribution in [0.4, 0.5) is 0 Å². The number of nitrogens with zero attached hydrogens (tertiary/aromatic N) is 3. The first-order valence-electron chi connectivity index (χ1n) is 12.4. The van der Waals surface area contributed by atoms with Gasteiger partial charge in [0.2, 0.25) is 0 Å². The molecule has 1 saturated heterocycles. The number of para-hydroxylation sites is 1. The van der Waals surface area contributed by atoms with Crippen LogP contribution in [0.2, 0.25) is 0 Å². The number of rotatable bonds is 8. The largest absolute Gasteiger partial charge is 0.399 e. The Morgan fingerprint density at radius 1 is 1.09 bits per heavy atom. The average Bonchev–Trinajstić information content (AvgIpc) is 3.14. The van der Waals surface area contributed by atoms with E-state index in [0.717, 1.165) is 59.9 Å². The van der Waals surface area contributed by atoms with Gasteiger partial charge in [0.15, 0.2) is 0 Å². The first-order valence-corrected chi connectivity index (χ1v) is 13.8. The minimum Gasteiger partial charge on any atom is -0.399 e. The molecule has 0 unspecified atom stereocenters. The third kappa shape index (κ3) is 5.64. The van der Waals surface area contributed by atoms with Crippen molar-refractivity contribution in [3.05, 3.63) is 35.5 Å². The highest BCUT2D eigenvalue weighted by Gasteiger charge is 2.32. The first-order chi connectivity index (χ1) is 16.3. The molecule has 8 nitrogen and oxygen atoms in total. The van der Waals surface area contributed by atoms with E-state index < -0.39 is 10.3 Å². The van der Waals surface area contributed by atoms with Gasteiger partial charge < -0.3 is 14.3 Å². The van der Waals surface area contributed by atoms with Crippen LogP contribution in [-0.4, -0.2) is 50.3 Å². The molecule has 34 heavy (non-hydrogen) atoms. The summed E-state index contributed by atoms with van der Waals surface area (Å²) in [6.07, 6.45) is 8.90. The van der Waals surface area contributed by atoms with Crippen molar-refractivity contribution in [2.24, 2.45) is 22.1 Å². The molecule has 0 atom stereocenters. The van der Waals surface area contributed by atoms with Crippen LogP contribution in [0, 0.1) is 11.8 Å². The van der Waals surface area contributed by atoms with E-state index in [1.807, 2.05) is 18.2 Å². The fourth-order valence-electron chi connectivity index (χ4n) is 5.94. The monoisotopic (exact) mass is 490 g/mol. The molecule has 1 saturated carbocycles. The van der Waals surface area contributed by atoms with Gasteiger partial charge in [0.25, 0.3) is 0 Å². The fourth-order valence-corrected chi connectivity index (χ4v) is 6.21. The Bertz CT molecular complexity index is 1100. The van der Waals surface area contributed by atoms with Gasteiger partial charge in [-0.25, -0.2) is 5.14 Å². The van der Waals surface area contributed by atoms with Crippen molar-refractivity contribution in [1.82, 2.24) is 9.47 Å². The van der Waals surface area contributed by atoms with Gasteiger partial charge in [-0.3, -0.25) is 4.18 Å². The summed E-state index contributed by atoms with van der Waals surface area (Å²) in [6.45, 7) is 6.65. The van der Waals surface area contributed by atoms with Crippen LogP contribution in [-0.2, 0) is 25.9 Å². The van der Waals surface area contributed by atoms with Gasteiger partial charge in [0.1, 0.15) is 13.7 Å². The predicted molar refractivity (Wildman–Crippen MR) is 135 cm³/mol. The van der Waals surface area contributed by atoms with Crippen LogP contribution < -0.4 is 5.14 Å². The van der Waals surface area contributed by atoms with Crippen LogP contribution in [0.25, 0.3) is 10.9 Å². The Morgan fingerprint density at radius 3 is 2.38 bits per heavy atom. The molecule has 2 N–H and O–H groups in total. The lowest BCUT2D eigenvalue weighted by Crippen LogP contribution is -2.44. The predicted octanol–water partition coefficient (Wildman–Crippen LogP) is 4.19. The van der Waals surface area contributed by atoms with Gasteiger partial charge in [-0.15, -0.1) is 0 Å². The molecule has 0 bridgehead atoms. The summed E-state index contributed by atoms with van der Waals surface area (Å²) in [5, 5.41) is 10.1. The molecule has 2 fully saturated rings. The highest BCUT2D eigenvalue weighted by molar-refractivity contribution is 7.84. The van der Waals surface area contributed by atoms with Gasteiger partial charge in [0, 0.05) is 41.6 Å². The molecule has 0 radical (unpaired) electrons. The lowest BCUT2D eigenvalue weighted by Gasteiger charge is -2.42. The van der Waals surface area contributed by atoms with E-state index in [0.29, 0.717) is 6.04 Å². The fraction of sp³-hybridized carbons (Fsp3) is 0.640. The zero-order valence-corrected chi connectivity index (χ0v) is 21.3. The summed E-state index contributed by atoms with van der Waals surface area (Å²) in [7, 11) is -2.59. The van der Waals surface area contributed by atoms with Crippen LogP contribution in [0.5, 0.6) is 0 Å². The van der Waals surface area contributed by atoms with Crippen LogP contribution in [0.1, 0.15) is 69.7 Å². The summed E-state index contributed by atoms with van der Waals surface area (Å²) < 4.78 is 30.5. The molecule has 9 heteroatoms. The normalized spacial score (nSPS) is 23.3. The van der Waals surface area contributed by atoms with E-state index in [4.69, 9.17) is 14.2 Å². The number of benzene rings is 1. The Hall–Kier alpha value is -1.94. The van der Waals surface area contributed by atoms with E-state index >= 15 is 0 Å². The number of nitrogens with two attached hydrogens (primary N) is 1. The van der Waals surface area contributed by atoms with Crippen molar-refractivity contribution < 1.29 is 17.4 Å². The number of aromatic nitrogens is 1. The quantitative estimate of drug-likeness (QED) is 0.442. The van der Waals surface area contributed by atoms with E-state index in [2.05, 4.69) is 34.5 Å². The number of hydrogen-bond acceptors (Lipinski definition) is 6. The maximum absolute atomic E-state index is 11.6. The number of likely N-dealkylation sites (tertiary alicyclic amines) is 1. The number of piperidine rings is 1. The van der Waals surface area contributed by atoms with Crippen molar-refractivity contribution in [2.45, 2.75) is 71.1 Å². The molecule has 4 rings (SSSR count). The van der Waals surface area contributed by atoms with Crippen molar-refractivity contribution in [3.63, 3.8) is 0 Å². The van der Waals surface area contributed by atoms with E-state index in [1.54, 1.807) is 6.21 Å². The van der Waals surface area contributed by atoms with E-state index in [-0.39, 0.29) is 12.6 Å². The van der Waals surface area contributed by atoms with Crippen molar-refractivity contribution in [2.75, 3.05) is 20.2 Å². The van der Waals surface area contributed by atoms with Gasteiger partial charge in [0.05, 0.1) is 11.9 Å². The zero-order chi connectivity index (χ0) is 24.3. The minimum atomic E-state index is -4.08. The topological polar surface area (TPSA) is 99.1 Å². The molecule has 2 aromatic rings. The average molecular weight is 491 g/mol. The van der Waals surface area contributed by atoms with Crippen molar-refractivity contribution >= 4 is 27.4 Å². The molecule has 1 aliphatic carbocycles. The van der Waals surface area contributed by atoms with Crippen LogP contribution >= 0.6 is 0 Å². The molecule has 2 heterocycles. The Balaban J connectivity index is 1.57. The van der Waals surface area contributed by atoms with E-state index in [9.17, 15) is 8.42 Å². The number of oxime groups is 1. The zero-order valence-electron chi connectivity index (χ0n) is 20.5. The van der Waals surface area contributed by atoms with Crippen molar-refractivity contribution in [3.8, 4) is 0 Å². The van der Waals surface area contributed by atoms with Crippen molar-refractivity contribution in [1.29, 1.82) is 0 Å². The summed E-state index contributed by atoms with van der Waals surface area (Å²) >= 11 is 0. The van der Waals surface area contributed by atoms with Crippen LogP contribution in [0.15, 0.2) is 29.4 Å². The molecule has 1 aromatic carbocycles. The highest BCUT2D eigenvalue weighted by atomic mass is 32.2. The molecular formula is C25H38N4O4S. The first kappa shape index (κ1) is 25.2. The standard InChI is InChI=1S/C25H38N4O4S/c1-18(2)19-8-10-20(11-9-19)28-14-12-21(13-15-28)29-24-7-5-4-6-22(24)23(16-27-32-3)25(29)17-33-34(26,30)31/h4-7,16,18-21H,8-15,17H2,1-3H3,(H2,26,30,31)/t19-,20+. The van der Waals surface area contributed by atoms with Gasteiger partial charge in [-0.05, 0) is 56.4 Å². The second-order valence-corrected chi connectivity index (χ2v) is 11.2. The van der Waals surface area contributed by atoms with Crippen LogP contribution in [0.3, 0.4) is 0 Å². The Kier molecular flexibility index (Phi) is 7.97. The highest BCUT2D eigenvalue weighted by Crippen LogP contribution is 2.37. The summed E-state index contributed by atoms with van der Waals surface area (Å²) in [6, 6.07) is 8.99. The van der Waals surface area contributed by atoms with Gasteiger partial charge >= 0.3 is 10.3 Å². The molecule has 0 amide bonds. The maximum atomic E-state index is 11.6. The molecule has 2 aliphatic rings. The minimum absolute atomic E-state index is 0.141. The maximum Gasteiger partial charge on any atom is 0.333 e. The van der Waals surface area contributed by atoms with Gasteiger partial charge in [-0.2, -0.15) is 8.42 Å². The SMILES string of the molecule is CON=Cc1c(COS(N)(=O)=O)n(C2CCN([C@H]3CC[C@@H](C(C)C)CC3)CC2)c2ccccc12.